The number of hydrogen-bond acceptors (Lipinski definition) is 4. The molecule has 1 aliphatic heterocycles. The molecular formula is C21H28N6. The van der Waals surface area contributed by atoms with E-state index >= 15 is 0 Å². The lowest BCUT2D eigenvalue weighted by atomic mass is 10.1. The van der Waals surface area contributed by atoms with E-state index in [4.69, 9.17) is 5.41 Å². The van der Waals surface area contributed by atoms with Crippen molar-refractivity contribution in [2.45, 2.75) is 32.4 Å². The summed E-state index contributed by atoms with van der Waals surface area (Å²) in [5.74, 6) is 0.491. The largest absolute Gasteiger partial charge is 0.366 e. The lowest BCUT2D eigenvalue weighted by Crippen LogP contribution is -2.45. The molecule has 6 nitrogen and oxygen atoms in total. The van der Waals surface area contributed by atoms with E-state index in [0.29, 0.717) is 18.4 Å². The van der Waals surface area contributed by atoms with Crippen LogP contribution in [0.1, 0.15) is 30.9 Å². The number of aliphatic imine (C=N–C) groups is 1. The molecule has 2 aromatic rings. The van der Waals surface area contributed by atoms with E-state index < -0.39 is 0 Å². The van der Waals surface area contributed by atoms with Crippen LogP contribution in [-0.4, -0.2) is 48.0 Å². The van der Waals surface area contributed by atoms with Crippen molar-refractivity contribution in [2.75, 3.05) is 20.1 Å². The molecule has 1 fully saturated rings. The van der Waals surface area contributed by atoms with Gasteiger partial charge in [-0.1, -0.05) is 30.3 Å². The Bertz CT molecular complexity index is 901. The van der Waals surface area contributed by atoms with E-state index in [9.17, 15) is 0 Å². The van der Waals surface area contributed by atoms with Crippen LogP contribution in [0.5, 0.6) is 0 Å². The van der Waals surface area contributed by atoms with Crippen LogP contribution in [0.3, 0.4) is 0 Å². The average Bonchev–Trinajstić information content (AvgIpc) is 3.09. The molecule has 3 rings (SSSR count). The Morgan fingerprint density at radius 2 is 2.22 bits per heavy atom. The van der Waals surface area contributed by atoms with Crippen LogP contribution in [0.15, 0.2) is 35.5 Å². The molecule has 0 radical (unpaired) electrons. The Labute approximate surface area is 160 Å². The highest BCUT2D eigenvalue weighted by Crippen LogP contribution is 2.07. The molecule has 1 aliphatic rings. The minimum atomic E-state index is 0.344. The third-order valence-electron chi connectivity index (χ3n) is 4.82. The van der Waals surface area contributed by atoms with Gasteiger partial charge in [-0.05, 0) is 37.9 Å². The first-order valence-corrected chi connectivity index (χ1v) is 9.47. The topological polar surface area (TPSA) is 78.1 Å². The van der Waals surface area contributed by atoms with Crippen LogP contribution in [0.25, 0.3) is 12.2 Å². The van der Waals surface area contributed by atoms with Gasteiger partial charge in [0, 0.05) is 36.6 Å². The van der Waals surface area contributed by atoms with Crippen LogP contribution >= 0.6 is 0 Å². The van der Waals surface area contributed by atoms with Crippen molar-refractivity contribution < 1.29 is 0 Å². The molecule has 6 heteroatoms. The summed E-state index contributed by atoms with van der Waals surface area (Å²) < 4.78 is 1.98. The molecule has 0 bridgehead atoms. The number of piperidine rings is 1. The number of rotatable bonds is 5. The van der Waals surface area contributed by atoms with Crippen molar-refractivity contribution in [2.24, 2.45) is 4.99 Å². The van der Waals surface area contributed by atoms with Gasteiger partial charge in [-0.15, -0.1) is 0 Å². The first kappa shape index (κ1) is 19.0. The van der Waals surface area contributed by atoms with Crippen molar-refractivity contribution >= 4 is 24.2 Å². The van der Waals surface area contributed by atoms with Gasteiger partial charge < -0.3 is 10.6 Å². The maximum Gasteiger partial charge on any atom is 0.125 e. The number of nitrogens with zero attached hydrogens (tertiary/aromatic N) is 3. The molecule has 27 heavy (non-hydrogen) atoms. The first-order chi connectivity index (χ1) is 13.2. The quantitative estimate of drug-likeness (QED) is 0.544. The highest BCUT2D eigenvalue weighted by molar-refractivity contribution is 5.96. The van der Waals surface area contributed by atoms with Gasteiger partial charge in [-0.3, -0.25) is 15.1 Å². The zero-order valence-electron chi connectivity index (χ0n) is 16.1. The zero-order chi connectivity index (χ0) is 19.1. The summed E-state index contributed by atoms with van der Waals surface area (Å²) in [5.41, 5.74) is 2.07. The molecule has 0 saturated carbocycles. The number of amidine groups is 1. The van der Waals surface area contributed by atoms with Gasteiger partial charge in [0.05, 0.1) is 18.1 Å². The maximum atomic E-state index is 8.32. The van der Waals surface area contributed by atoms with Crippen LogP contribution in [0.2, 0.25) is 0 Å². The fraction of sp³-hybridized carbons (Fsp3) is 0.381. The molecule has 1 saturated heterocycles. The number of hydrogen-bond donors (Lipinski definition) is 3. The second kappa shape index (κ2) is 9.28. The van der Waals surface area contributed by atoms with Crippen molar-refractivity contribution in [3.63, 3.8) is 0 Å². The summed E-state index contributed by atoms with van der Waals surface area (Å²) in [5, 5.41) is 21.7. The average molecular weight is 364 g/mol. The van der Waals surface area contributed by atoms with Crippen LogP contribution < -0.4 is 21.2 Å². The molecule has 1 unspecified atom stereocenters. The summed E-state index contributed by atoms with van der Waals surface area (Å²) >= 11 is 0. The highest BCUT2D eigenvalue weighted by atomic mass is 15.3. The monoisotopic (exact) mass is 364 g/mol. The summed E-state index contributed by atoms with van der Waals surface area (Å²) in [4.78, 5) is 4.04. The van der Waals surface area contributed by atoms with E-state index in [1.807, 2.05) is 36.0 Å². The predicted octanol–water partition coefficient (Wildman–Crippen LogP) is 0.880. The fourth-order valence-electron chi connectivity index (χ4n) is 3.30. The van der Waals surface area contributed by atoms with E-state index in [-0.39, 0.29) is 0 Å². The molecule has 1 aromatic heterocycles. The van der Waals surface area contributed by atoms with E-state index in [0.717, 1.165) is 47.6 Å². The normalized spacial score (nSPS) is 19.0. The van der Waals surface area contributed by atoms with Crippen molar-refractivity contribution in [1.29, 1.82) is 5.41 Å². The third-order valence-corrected chi connectivity index (χ3v) is 4.82. The van der Waals surface area contributed by atoms with Crippen molar-refractivity contribution in [3.8, 4) is 0 Å². The maximum absolute atomic E-state index is 8.32. The summed E-state index contributed by atoms with van der Waals surface area (Å²) in [6.07, 6.45) is 9.97. The van der Waals surface area contributed by atoms with E-state index in [2.05, 4.69) is 38.9 Å². The Balaban J connectivity index is 1.71. The highest BCUT2D eigenvalue weighted by Gasteiger charge is 2.14. The molecule has 0 spiro atoms. The lowest BCUT2D eigenvalue weighted by Gasteiger charge is -2.25. The summed E-state index contributed by atoms with van der Waals surface area (Å²) in [6, 6.07) is 8.50. The molecule has 3 N–H and O–H groups in total. The molecule has 0 aliphatic carbocycles. The van der Waals surface area contributed by atoms with Gasteiger partial charge in [0.2, 0.25) is 0 Å². The molecule has 142 valence electrons. The number of nitrogens with one attached hydrogen (secondary N) is 3. The SMILES string of the molecule is C/C=c1/cnn(Cc2ccc(C(=N)NC3CCCNC3)cc2)/c1=C/C=N/C. The first-order valence-electron chi connectivity index (χ1n) is 9.47. The second-order valence-electron chi connectivity index (χ2n) is 6.76. The van der Waals surface area contributed by atoms with Gasteiger partial charge >= 0.3 is 0 Å². The van der Waals surface area contributed by atoms with E-state index in [1.54, 1.807) is 13.3 Å². The number of benzene rings is 1. The van der Waals surface area contributed by atoms with E-state index in [1.165, 1.54) is 0 Å². The summed E-state index contributed by atoms with van der Waals surface area (Å²) in [6.45, 7) is 4.70. The minimum absolute atomic E-state index is 0.344. The van der Waals surface area contributed by atoms with Crippen LogP contribution in [-0.2, 0) is 6.54 Å². The van der Waals surface area contributed by atoms with Gasteiger partial charge in [0.1, 0.15) is 5.84 Å². The van der Waals surface area contributed by atoms with Gasteiger partial charge in [-0.25, -0.2) is 0 Å². The molecular weight excluding hydrogens is 336 g/mol. The van der Waals surface area contributed by atoms with Crippen LogP contribution in [0.4, 0.5) is 0 Å². The van der Waals surface area contributed by atoms with Gasteiger partial charge in [0.15, 0.2) is 0 Å². The van der Waals surface area contributed by atoms with Crippen molar-refractivity contribution in [1.82, 2.24) is 20.4 Å². The molecule has 1 atom stereocenters. The van der Waals surface area contributed by atoms with Crippen molar-refractivity contribution in [3.05, 3.63) is 52.2 Å². The minimum Gasteiger partial charge on any atom is -0.366 e. The Hall–Kier alpha value is -2.73. The van der Waals surface area contributed by atoms with Crippen LogP contribution in [0, 0.1) is 5.41 Å². The standard InChI is InChI=1S/C21H28N6/c1-3-17-13-25-27(20(17)10-12-23-2)15-16-6-8-18(9-7-16)21(22)26-19-5-4-11-24-14-19/h3,6-10,12-13,19,24H,4-5,11,14-15H2,1-2H3,(H2,22,26)/b17-3-,20-10+,23-12+. The lowest BCUT2D eigenvalue weighted by molar-refractivity contribution is 0.431. The Morgan fingerprint density at radius 3 is 2.89 bits per heavy atom. The third kappa shape index (κ3) is 4.92. The van der Waals surface area contributed by atoms with Gasteiger partial charge in [-0.2, -0.15) is 5.10 Å². The second-order valence-corrected chi connectivity index (χ2v) is 6.76. The Morgan fingerprint density at radius 1 is 1.41 bits per heavy atom. The summed E-state index contributed by atoms with van der Waals surface area (Å²) in [7, 11) is 1.76. The Kier molecular flexibility index (Phi) is 6.54. The smallest absolute Gasteiger partial charge is 0.125 e. The predicted molar refractivity (Wildman–Crippen MR) is 112 cm³/mol. The molecule has 2 heterocycles. The zero-order valence-corrected chi connectivity index (χ0v) is 16.1. The molecule has 1 aromatic carbocycles. The fourth-order valence-corrected chi connectivity index (χ4v) is 3.30. The number of aromatic nitrogens is 2. The van der Waals surface area contributed by atoms with Gasteiger partial charge in [0.25, 0.3) is 0 Å². The molecule has 0 amide bonds.